The molecule has 0 aliphatic carbocycles. The van der Waals surface area contributed by atoms with Crippen LogP contribution in [0, 0.1) is 0 Å². The predicted octanol–water partition coefficient (Wildman–Crippen LogP) is 2.42. The number of methoxy groups -OCH3 is 1. The van der Waals surface area contributed by atoms with E-state index in [2.05, 4.69) is 30.2 Å². The van der Waals surface area contributed by atoms with E-state index in [-0.39, 0.29) is 0 Å². The first-order chi connectivity index (χ1) is 8.26. The molecule has 0 saturated carbocycles. The van der Waals surface area contributed by atoms with Crippen LogP contribution in [0.5, 0.6) is 0 Å². The number of rotatable bonds is 8. The summed E-state index contributed by atoms with van der Waals surface area (Å²) in [5, 5.41) is 3.58. The third-order valence-corrected chi connectivity index (χ3v) is 2.91. The van der Waals surface area contributed by atoms with Crippen LogP contribution < -0.4 is 5.32 Å². The molecule has 0 aromatic carbocycles. The van der Waals surface area contributed by atoms with E-state index in [1.165, 1.54) is 5.56 Å². The van der Waals surface area contributed by atoms with Crippen LogP contribution in [-0.2, 0) is 11.2 Å². The molecule has 1 aromatic heterocycles. The number of ether oxygens (including phenoxy) is 1. The van der Waals surface area contributed by atoms with Gasteiger partial charge in [-0.1, -0.05) is 13.0 Å². The molecule has 1 N–H and O–H groups in total. The van der Waals surface area contributed by atoms with Gasteiger partial charge in [-0.2, -0.15) is 0 Å². The molecule has 0 aliphatic rings. The summed E-state index contributed by atoms with van der Waals surface area (Å²) >= 11 is 0. The summed E-state index contributed by atoms with van der Waals surface area (Å²) in [5.41, 5.74) is 1.28. The summed E-state index contributed by atoms with van der Waals surface area (Å²) in [7, 11) is 1.77. The van der Waals surface area contributed by atoms with Gasteiger partial charge in [0.15, 0.2) is 0 Å². The molecule has 0 radical (unpaired) electrons. The third-order valence-electron chi connectivity index (χ3n) is 2.91. The zero-order valence-electron chi connectivity index (χ0n) is 11.1. The van der Waals surface area contributed by atoms with E-state index >= 15 is 0 Å². The molecular weight excluding hydrogens is 212 g/mol. The SMILES string of the molecule is CCCNC(Cc1cccnc1)CC(C)OC. The van der Waals surface area contributed by atoms with Crippen LogP contribution in [0.1, 0.15) is 32.3 Å². The molecular formula is C14H24N2O. The van der Waals surface area contributed by atoms with Gasteiger partial charge in [-0.15, -0.1) is 0 Å². The standard InChI is InChI=1S/C14H24N2O/c1-4-7-16-14(9-12(2)17-3)10-13-6-5-8-15-11-13/h5-6,8,11-12,14,16H,4,7,9-10H2,1-3H3. The minimum Gasteiger partial charge on any atom is -0.382 e. The predicted molar refractivity (Wildman–Crippen MR) is 71.1 cm³/mol. The molecule has 3 nitrogen and oxygen atoms in total. The Kier molecular flexibility index (Phi) is 6.82. The largest absolute Gasteiger partial charge is 0.382 e. The van der Waals surface area contributed by atoms with E-state index in [4.69, 9.17) is 4.74 Å². The Labute approximate surface area is 105 Å². The Morgan fingerprint density at radius 2 is 2.29 bits per heavy atom. The van der Waals surface area contributed by atoms with Crippen molar-refractivity contribution < 1.29 is 4.74 Å². The van der Waals surface area contributed by atoms with Gasteiger partial charge in [-0.05, 0) is 44.4 Å². The zero-order chi connectivity index (χ0) is 12.5. The molecule has 0 spiro atoms. The molecule has 0 bridgehead atoms. The van der Waals surface area contributed by atoms with Gasteiger partial charge >= 0.3 is 0 Å². The normalized spacial score (nSPS) is 14.5. The van der Waals surface area contributed by atoms with Gasteiger partial charge in [-0.3, -0.25) is 4.98 Å². The molecule has 1 heterocycles. The summed E-state index contributed by atoms with van der Waals surface area (Å²) in [6, 6.07) is 4.59. The number of pyridine rings is 1. The number of nitrogens with zero attached hydrogens (tertiary/aromatic N) is 1. The van der Waals surface area contributed by atoms with Crippen LogP contribution in [0.15, 0.2) is 24.5 Å². The Morgan fingerprint density at radius 1 is 1.47 bits per heavy atom. The minimum absolute atomic E-state index is 0.293. The molecule has 1 aromatic rings. The lowest BCUT2D eigenvalue weighted by molar-refractivity contribution is 0.100. The highest BCUT2D eigenvalue weighted by molar-refractivity contribution is 5.10. The van der Waals surface area contributed by atoms with Crippen molar-refractivity contribution in [1.82, 2.24) is 10.3 Å². The van der Waals surface area contributed by atoms with Gasteiger partial charge in [0.2, 0.25) is 0 Å². The number of nitrogens with one attached hydrogen (secondary N) is 1. The van der Waals surface area contributed by atoms with Crippen molar-refractivity contribution in [3.63, 3.8) is 0 Å². The lowest BCUT2D eigenvalue weighted by Gasteiger charge is -2.21. The van der Waals surface area contributed by atoms with Gasteiger partial charge in [0.05, 0.1) is 6.10 Å². The molecule has 0 fully saturated rings. The summed E-state index contributed by atoms with van der Waals surface area (Å²) in [5.74, 6) is 0. The number of hydrogen-bond donors (Lipinski definition) is 1. The van der Waals surface area contributed by atoms with Crippen LogP contribution >= 0.6 is 0 Å². The fraction of sp³-hybridized carbons (Fsp3) is 0.643. The van der Waals surface area contributed by atoms with Crippen LogP contribution in [0.4, 0.5) is 0 Å². The third kappa shape index (κ3) is 5.80. The molecule has 0 aliphatic heterocycles. The van der Waals surface area contributed by atoms with Crippen molar-refractivity contribution in [3.05, 3.63) is 30.1 Å². The lowest BCUT2D eigenvalue weighted by Crippen LogP contribution is -2.35. The average Bonchev–Trinajstić information content (AvgIpc) is 2.37. The fourth-order valence-electron chi connectivity index (χ4n) is 1.89. The molecule has 0 saturated heterocycles. The van der Waals surface area contributed by atoms with E-state index in [0.29, 0.717) is 12.1 Å². The van der Waals surface area contributed by atoms with Gasteiger partial charge in [0, 0.05) is 25.5 Å². The molecule has 2 unspecified atom stereocenters. The molecule has 2 atom stereocenters. The molecule has 96 valence electrons. The van der Waals surface area contributed by atoms with Crippen molar-refractivity contribution in [1.29, 1.82) is 0 Å². The molecule has 1 rings (SSSR count). The Hall–Kier alpha value is -0.930. The lowest BCUT2D eigenvalue weighted by atomic mass is 10.0. The highest BCUT2D eigenvalue weighted by Gasteiger charge is 2.12. The highest BCUT2D eigenvalue weighted by atomic mass is 16.5. The smallest absolute Gasteiger partial charge is 0.0558 e. The van der Waals surface area contributed by atoms with E-state index in [9.17, 15) is 0 Å². The van der Waals surface area contributed by atoms with E-state index < -0.39 is 0 Å². The zero-order valence-corrected chi connectivity index (χ0v) is 11.1. The van der Waals surface area contributed by atoms with Gasteiger partial charge < -0.3 is 10.1 Å². The minimum atomic E-state index is 0.293. The first-order valence-corrected chi connectivity index (χ1v) is 6.41. The van der Waals surface area contributed by atoms with Gasteiger partial charge in [0.1, 0.15) is 0 Å². The maximum absolute atomic E-state index is 5.34. The van der Waals surface area contributed by atoms with Gasteiger partial charge in [-0.25, -0.2) is 0 Å². The van der Waals surface area contributed by atoms with E-state index in [0.717, 1.165) is 25.8 Å². The number of hydrogen-bond acceptors (Lipinski definition) is 3. The quantitative estimate of drug-likeness (QED) is 0.752. The second-order valence-corrected chi connectivity index (χ2v) is 4.50. The van der Waals surface area contributed by atoms with Crippen molar-refractivity contribution in [3.8, 4) is 0 Å². The van der Waals surface area contributed by atoms with Crippen molar-refractivity contribution >= 4 is 0 Å². The van der Waals surface area contributed by atoms with Gasteiger partial charge in [0.25, 0.3) is 0 Å². The summed E-state index contributed by atoms with van der Waals surface area (Å²) in [4.78, 5) is 4.16. The van der Waals surface area contributed by atoms with Crippen LogP contribution in [-0.4, -0.2) is 30.8 Å². The average molecular weight is 236 g/mol. The first-order valence-electron chi connectivity index (χ1n) is 6.41. The van der Waals surface area contributed by atoms with Crippen molar-refractivity contribution in [2.24, 2.45) is 0 Å². The maximum Gasteiger partial charge on any atom is 0.0558 e. The Balaban J connectivity index is 2.50. The summed E-state index contributed by atoms with van der Waals surface area (Å²) in [6.07, 6.45) is 7.26. The van der Waals surface area contributed by atoms with E-state index in [1.807, 2.05) is 18.5 Å². The monoisotopic (exact) mass is 236 g/mol. The van der Waals surface area contributed by atoms with Crippen molar-refractivity contribution in [2.45, 2.75) is 45.3 Å². The molecule has 3 heteroatoms. The Morgan fingerprint density at radius 3 is 2.88 bits per heavy atom. The molecule has 0 amide bonds. The highest BCUT2D eigenvalue weighted by Crippen LogP contribution is 2.08. The van der Waals surface area contributed by atoms with Crippen LogP contribution in [0.2, 0.25) is 0 Å². The summed E-state index contributed by atoms with van der Waals surface area (Å²) < 4.78 is 5.34. The second kappa shape index (κ2) is 8.20. The van der Waals surface area contributed by atoms with Crippen molar-refractivity contribution in [2.75, 3.05) is 13.7 Å². The fourth-order valence-corrected chi connectivity index (χ4v) is 1.89. The molecule has 17 heavy (non-hydrogen) atoms. The Bertz CT molecular complexity index is 290. The van der Waals surface area contributed by atoms with E-state index in [1.54, 1.807) is 7.11 Å². The number of aromatic nitrogens is 1. The summed E-state index contributed by atoms with van der Waals surface area (Å²) in [6.45, 7) is 5.36. The maximum atomic E-state index is 5.34. The topological polar surface area (TPSA) is 34.2 Å². The first kappa shape index (κ1) is 14.1. The van der Waals surface area contributed by atoms with Crippen LogP contribution in [0.3, 0.4) is 0 Å². The second-order valence-electron chi connectivity index (χ2n) is 4.50. The van der Waals surface area contributed by atoms with Crippen LogP contribution in [0.25, 0.3) is 0 Å².